The summed E-state index contributed by atoms with van der Waals surface area (Å²) < 4.78 is 13.9. The van der Waals surface area contributed by atoms with Crippen molar-refractivity contribution in [2.24, 2.45) is 0 Å². The van der Waals surface area contributed by atoms with E-state index in [1.54, 1.807) is 13.4 Å². The summed E-state index contributed by atoms with van der Waals surface area (Å²) in [6, 6.07) is 26.4. The highest BCUT2D eigenvalue weighted by molar-refractivity contribution is 5.85. The fraction of sp³-hybridized carbons (Fsp3) is 0.120. The summed E-state index contributed by atoms with van der Waals surface area (Å²) in [5, 5.41) is 8.07. The Kier molecular flexibility index (Phi) is 4.02. The zero-order valence-electron chi connectivity index (χ0n) is 16.9. The molecule has 6 heteroatoms. The molecule has 0 saturated heterocycles. The van der Waals surface area contributed by atoms with Gasteiger partial charge >= 0.3 is 0 Å². The molecule has 2 unspecified atom stereocenters. The van der Waals surface area contributed by atoms with E-state index in [2.05, 4.69) is 45.7 Å². The topological polar surface area (TPSA) is 61.2 Å². The van der Waals surface area contributed by atoms with Crippen LogP contribution in [0.1, 0.15) is 28.8 Å². The number of nitrogens with zero attached hydrogens (tertiary/aromatic N) is 3. The monoisotopic (exact) mass is 408 g/mol. The van der Waals surface area contributed by atoms with Crippen molar-refractivity contribution in [3.05, 3.63) is 107 Å². The van der Waals surface area contributed by atoms with Crippen LogP contribution in [-0.2, 0) is 0 Å². The van der Waals surface area contributed by atoms with E-state index >= 15 is 0 Å². The van der Waals surface area contributed by atoms with Crippen LogP contribution in [0.25, 0.3) is 5.70 Å². The second kappa shape index (κ2) is 7.02. The standard InChI is InChI=1S/C25H20N4O2/c1-30-18-13-11-17(12-14-18)24-21-22(19-9-5-6-10-20(19)31-24)28-25-26-15-27-29(25)23(21)16-7-3-2-4-8-16/h2-15,23-24H,1H3,(H,26,27,28). The second-order valence-electron chi connectivity index (χ2n) is 7.56. The lowest BCUT2D eigenvalue weighted by atomic mass is 9.84. The van der Waals surface area contributed by atoms with Crippen LogP contribution in [0, 0.1) is 0 Å². The SMILES string of the molecule is COc1ccc(C2Oc3ccccc3C3=C2C(c2ccccc2)n2ncnc2N3)cc1. The van der Waals surface area contributed by atoms with Gasteiger partial charge in [0.05, 0.1) is 12.8 Å². The lowest BCUT2D eigenvalue weighted by Gasteiger charge is -2.39. The number of rotatable bonds is 3. The Hall–Kier alpha value is -4.06. The fourth-order valence-electron chi connectivity index (χ4n) is 4.43. The van der Waals surface area contributed by atoms with Crippen LogP contribution in [0.5, 0.6) is 11.5 Å². The van der Waals surface area contributed by atoms with E-state index in [4.69, 9.17) is 9.47 Å². The van der Waals surface area contributed by atoms with Crippen LogP contribution in [0.3, 0.4) is 0 Å². The molecule has 152 valence electrons. The number of methoxy groups -OCH3 is 1. The van der Waals surface area contributed by atoms with E-state index in [1.807, 2.05) is 53.2 Å². The molecule has 1 N–H and O–H groups in total. The Morgan fingerprint density at radius 3 is 2.48 bits per heavy atom. The first-order valence-electron chi connectivity index (χ1n) is 10.2. The smallest absolute Gasteiger partial charge is 0.226 e. The Bertz CT molecular complexity index is 1280. The number of hydrogen-bond acceptors (Lipinski definition) is 5. The van der Waals surface area contributed by atoms with E-state index in [9.17, 15) is 0 Å². The third-order valence-electron chi connectivity index (χ3n) is 5.86. The molecule has 1 aromatic heterocycles. The highest BCUT2D eigenvalue weighted by Crippen LogP contribution is 2.50. The van der Waals surface area contributed by atoms with Gasteiger partial charge in [-0.3, -0.25) is 0 Å². The van der Waals surface area contributed by atoms with E-state index in [-0.39, 0.29) is 12.1 Å². The number of anilines is 1. The quantitative estimate of drug-likeness (QED) is 0.525. The predicted octanol–water partition coefficient (Wildman–Crippen LogP) is 4.85. The molecule has 3 aromatic carbocycles. The number of aromatic nitrogens is 3. The molecular weight excluding hydrogens is 388 g/mol. The Balaban J connectivity index is 1.60. The molecule has 6 rings (SSSR count). The minimum absolute atomic E-state index is 0.143. The van der Waals surface area contributed by atoms with Crippen LogP contribution >= 0.6 is 0 Å². The maximum absolute atomic E-state index is 6.60. The van der Waals surface area contributed by atoms with Gasteiger partial charge in [0.25, 0.3) is 0 Å². The Morgan fingerprint density at radius 1 is 0.903 bits per heavy atom. The van der Waals surface area contributed by atoms with Crippen molar-refractivity contribution in [3.63, 3.8) is 0 Å². The van der Waals surface area contributed by atoms with Gasteiger partial charge in [-0.1, -0.05) is 54.6 Å². The average molecular weight is 408 g/mol. The lowest BCUT2D eigenvalue weighted by Crippen LogP contribution is -2.32. The van der Waals surface area contributed by atoms with Crippen molar-refractivity contribution >= 4 is 11.6 Å². The highest BCUT2D eigenvalue weighted by atomic mass is 16.5. The van der Waals surface area contributed by atoms with Gasteiger partial charge < -0.3 is 14.8 Å². The minimum Gasteiger partial charge on any atom is -0.497 e. The maximum atomic E-state index is 6.60. The first kappa shape index (κ1) is 17.8. The van der Waals surface area contributed by atoms with Gasteiger partial charge in [0, 0.05) is 11.1 Å². The molecule has 2 aliphatic heterocycles. The molecule has 2 atom stereocenters. The molecule has 0 radical (unpaired) electrons. The van der Waals surface area contributed by atoms with Crippen molar-refractivity contribution in [2.45, 2.75) is 12.1 Å². The maximum Gasteiger partial charge on any atom is 0.226 e. The molecule has 2 aliphatic rings. The van der Waals surface area contributed by atoms with Crippen molar-refractivity contribution < 1.29 is 9.47 Å². The van der Waals surface area contributed by atoms with Gasteiger partial charge in [0.1, 0.15) is 30.0 Å². The summed E-state index contributed by atoms with van der Waals surface area (Å²) in [4.78, 5) is 4.47. The van der Waals surface area contributed by atoms with Gasteiger partial charge in [-0.2, -0.15) is 10.1 Å². The Labute approximate surface area is 179 Å². The molecular formula is C25H20N4O2. The van der Waals surface area contributed by atoms with Crippen molar-refractivity contribution in [2.75, 3.05) is 12.4 Å². The lowest BCUT2D eigenvalue weighted by molar-refractivity contribution is 0.223. The van der Waals surface area contributed by atoms with Crippen LogP contribution in [-0.4, -0.2) is 21.9 Å². The van der Waals surface area contributed by atoms with E-state index in [1.165, 1.54) is 0 Å². The number of para-hydroxylation sites is 1. The molecule has 31 heavy (non-hydrogen) atoms. The first-order chi connectivity index (χ1) is 15.3. The molecule has 6 nitrogen and oxygen atoms in total. The third-order valence-corrected chi connectivity index (χ3v) is 5.86. The molecule has 4 aromatic rings. The van der Waals surface area contributed by atoms with Gasteiger partial charge in [-0.25, -0.2) is 4.68 Å². The van der Waals surface area contributed by atoms with E-state index in [0.29, 0.717) is 0 Å². The number of fused-ring (bicyclic) bond motifs is 3. The van der Waals surface area contributed by atoms with Crippen LogP contribution in [0.2, 0.25) is 0 Å². The number of hydrogen-bond donors (Lipinski definition) is 1. The predicted molar refractivity (Wildman–Crippen MR) is 118 cm³/mol. The van der Waals surface area contributed by atoms with Gasteiger partial charge in [-0.15, -0.1) is 0 Å². The van der Waals surface area contributed by atoms with Crippen molar-refractivity contribution in [1.82, 2.24) is 14.8 Å². The molecule has 0 aliphatic carbocycles. The van der Waals surface area contributed by atoms with E-state index < -0.39 is 0 Å². The Morgan fingerprint density at radius 2 is 1.68 bits per heavy atom. The zero-order valence-corrected chi connectivity index (χ0v) is 16.9. The van der Waals surface area contributed by atoms with Crippen molar-refractivity contribution in [3.8, 4) is 11.5 Å². The van der Waals surface area contributed by atoms with Gasteiger partial charge in [0.15, 0.2) is 0 Å². The number of ether oxygens (including phenoxy) is 2. The first-order valence-corrected chi connectivity index (χ1v) is 10.2. The molecule has 0 amide bonds. The van der Waals surface area contributed by atoms with Crippen LogP contribution in [0.4, 0.5) is 5.95 Å². The molecule has 0 bridgehead atoms. The summed E-state index contributed by atoms with van der Waals surface area (Å²) in [5.74, 6) is 2.38. The average Bonchev–Trinajstić information content (AvgIpc) is 3.31. The summed E-state index contributed by atoms with van der Waals surface area (Å²) in [6.07, 6.45) is 1.30. The number of nitrogens with one attached hydrogen (secondary N) is 1. The molecule has 3 heterocycles. The largest absolute Gasteiger partial charge is 0.497 e. The summed E-state index contributed by atoms with van der Waals surface area (Å²) >= 11 is 0. The van der Waals surface area contributed by atoms with Crippen LogP contribution < -0.4 is 14.8 Å². The van der Waals surface area contributed by atoms with Crippen molar-refractivity contribution in [1.29, 1.82) is 0 Å². The number of benzene rings is 3. The summed E-state index contributed by atoms with van der Waals surface area (Å²) in [7, 11) is 1.67. The molecule has 0 saturated carbocycles. The van der Waals surface area contributed by atoms with Crippen LogP contribution in [0.15, 0.2) is 90.8 Å². The van der Waals surface area contributed by atoms with Gasteiger partial charge in [0.2, 0.25) is 5.95 Å². The highest BCUT2D eigenvalue weighted by Gasteiger charge is 2.40. The second-order valence-corrected chi connectivity index (χ2v) is 7.56. The molecule has 0 fully saturated rings. The summed E-state index contributed by atoms with van der Waals surface area (Å²) in [5.41, 5.74) is 5.33. The third kappa shape index (κ3) is 2.79. The normalized spacial score (nSPS) is 18.9. The summed E-state index contributed by atoms with van der Waals surface area (Å²) in [6.45, 7) is 0. The molecule has 0 spiro atoms. The zero-order chi connectivity index (χ0) is 20.8. The fourth-order valence-corrected chi connectivity index (χ4v) is 4.43. The van der Waals surface area contributed by atoms with E-state index in [0.717, 1.165) is 45.4 Å². The minimum atomic E-state index is -0.286. The van der Waals surface area contributed by atoms with Gasteiger partial charge in [-0.05, 0) is 35.4 Å².